The van der Waals surface area contributed by atoms with Crippen LogP contribution in [0.15, 0.2) is 18.7 Å². The summed E-state index contributed by atoms with van der Waals surface area (Å²) in [6.45, 7) is 2.67. The summed E-state index contributed by atoms with van der Waals surface area (Å²) in [6.07, 6.45) is 7.05. The van der Waals surface area contributed by atoms with Crippen LogP contribution in [0.4, 0.5) is 0 Å². The van der Waals surface area contributed by atoms with E-state index in [4.69, 9.17) is 0 Å². The standard InChI is InChI=1S/C11H19N3O2/c1-13(8-4-11(15)16-2)6-3-7-14-9-5-12-10-14/h5,9-10H,3-4,6-8H2,1-2H3. The van der Waals surface area contributed by atoms with E-state index in [2.05, 4.69) is 14.6 Å². The average molecular weight is 225 g/mol. The van der Waals surface area contributed by atoms with Gasteiger partial charge in [-0.25, -0.2) is 4.98 Å². The van der Waals surface area contributed by atoms with E-state index in [0.29, 0.717) is 6.42 Å². The van der Waals surface area contributed by atoms with Crippen molar-refractivity contribution in [2.24, 2.45) is 0 Å². The van der Waals surface area contributed by atoms with E-state index in [1.807, 2.05) is 24.1 Å². The van der Waals surface area contributed by atoms with Gasteiger partial charge in [0.2, 0.25) is 0 Å². The maximum Gasteiger partial charge on any atom is 0.306 e. The third-order valence-corrected chi connectivity index (χ3v) is 2.44. The van der Waals surface area contributed by atoms with Crippen molar-refractivity contribution in [1.29, 1.82) is 0 Å². The van der Waals surface area contributed by atoms with Crippen molar-refractivity contribution in [2.75, 3.05) is 27.2 Å². The predicted octanol–water partition coefficient (Wildman–Crippen LogP) is 0.768. The Hall–Kier alpha value is -1.36. The zero-order chi connectivity index (χ0) is 11.8. The SMILES string of the molecule is COC(=O)CCN(C)CCCn1ccnc1. The summed E-state index contributed by atoms with van der Waals surface area (Å²) < 4.78 is 6.64. The first-order chi connectivity index (χ1) is 7.72. The summed E-state index contributed by atoms with van der Waals surface area (Å²) in [5.74, 6) is -0.151. The zero-order valence-corrected chi connectivity index (χ0v) is 9.93. The van der Waals surface area contributed by atoms with Crippen molar-refractivity contribution in [3.05, 3.63) is 18.7 Å². The molecule has 0 saturated carbocycles. The lowest BCUT2D eigenvalue weighted by atomic mass is 10.3. The zero-order valence-electron chi connectivity index (χ0n) is 9.93. The fraction of sp³-hybridized carbons (Fsp3) is 0.636. The number of carbonyl (C=O) groups excluding carboxylic acids is 1. The van der Waals surface area contributed by atoms with Crippen LogP contribution in [0.1, 0.15) is 12.8 Å². The quantitative estimate of drug-likeness (QED) is 0.643. The first-order valence-corrected chi connectivity index (χ1v) is 5.43. The Balaban J connectivity index is 2.06. The van der Waals surface area contributed by atoms with E-state index in [9.17, 15) is 4.79 Å². The monoisotopic (exact) mass is 225 g/mol. The maximum atomic E-state index is 10.9. The van der Waals surface area contributed by atoms with Gasteiger partial charge in [-0.3, -0.25) is 4.79 Å². The van der Waals surface area contributed by atoms with Gasteiger partial charge in [0.1, 0.15) is 0 Å². The highest BCUT2D eigenvalue weighted by atomic mass is 16.5. The lowest BCUT2D eigenvalue weighted by Crippen LogP contribution is -2.24. The molecule has 5 heteroatoms. The molecule has 0 aliphatic heterocycles. The molecule has 0 aliphatic carbocycles. The number of hydrogen-bond donors (Lipinski definition) is 0. The van der Waals surface area contributed by atoms with Crippen LogP contribution >= 0.6 is 0 Å². The fourth-order valence-corrected chi connectivity index (χ4v) is 1.44. The Morgan fingerprint density at radius 1 is 1.50 bits per heavy atom. The van der Waals surface area contributed by atoms with Gasteiger partial charge >= 0.3 is 5.97 Å². The Labute approximate surface area is 96.0 Å². The maximum absolute atomic E-state index is 10.9. The molecule has 0 amide bonds. The molecule has 0 N–H and O–H groups in total. The predicted molar refractivity (Wildman–Crippen MR) is 61.0 cm³/mol. The molecule has 90 valence electrons. The summed E-state index contributed by atoms with van der Waals surface area (Å²) >= 11 is 0. The van der Waals surface area contributed by atoms with Gasteiger partial charge in [-0.15, -0.1) is 0 Å². The summed E-state index contributed by atoms with van der Waals surface area (Å²) in [4.78, 5) is 17.0. The second-order valence-electron chi connectivity index (χ2n) is 3.78. The lowest BCUT2D eigenvalue weighted by molar-refractivity contribution is -0.140. The number of ether oxygens (including phenoxy) is 1. The number of esters is 1. The van der Waals surface area contributed by atoms with Gasteiger partial charge in [-0.05, 0) is 20.0 Å². The Morgan fingerprint density at radius 2 is 2.31 bits per heavy atom. The van der Waals surface area contributed by atoms with Gasteiger partial charge in [0.15, 0.2) is 0 Å². The van der Waals surface area contributed by atoms with E-state index in [1.54, 1.807) is 6.20 Å². The van der Waals surface area contributed by atoms with Crippen molar-refractivity contribution in [1.82, 2.24) is 14.5 Å². The molecule has 1 rings (SSSR count). The van der Waals surface area contributed by atoms with Crippen LogP contribution in [0.5, 0.6) is 0 Å². The molecule has 0 aromatic carbocycles. The largest absolute Gasteiger partial charge is 0.469 e. The summed E-state index contributed by atoms with van der Waals surface area (Å²) in [5.41, 5.74) is 0. The van der Waals surface area contributed by atoms with Crippen molar-refractivity contribution in [3.63, 3.8) is 0 Å². The van der Waals surface area contributed by atoms with Gasteiger partial charge in [0.25, 0.3) is 0 Å². The summed E-state index contributed by atoms with van der Waals surface area (Å²) in [7, 11) is 3.43. The normalized spacial score (nSPS) is 10.7. The molecular formula is C11H19N3O2. The van der Waals surface area contributed by atoms with Crippen molar-refractivity contribution < 1.29 is 9.53 Å². The van der Waals surface area contributed by atoms with Gasteiger partial charge in [0, 0.05) is 25.5 Å². The van der Waals surface area contributed by atoms with Crippen LogP contribution in [-0.4, -0.2) is 47.7 Å². The van der Waals surface area contributed by atoms with E-state index >= 15 is 0 Å². The molecule has 0 radical (unpaired) electrons. The minimum atomic E-state index is -0.151. The van der Waals surface area contributed by atoms with Crippen molar-refractivity contribution >= 4 is 5.97 Å². The lowest BCUT2D eigenvalue weighted by Gasteiger charge is -2.15. The van der Waals surface area contributed by atoms with Crippen molar-refractivity contribution in [2.45, 2.75) is 19.4 Å². The molecule has 0 unspecified atom stereocenters. The third-order valence-electron chi connectivity index (χ3n) is 2.44. The Kier molecular flexibility index (Phi) is 5.56. The molecule has 5 nitrogen and oxygen atoms in total. The molecule has 1 heterocycles. The first kappa shape index (κ1) is 12.7. The molecule has 16 heavy (non-hydrogen) atoms. The highest BCUT2D eigenvalue weighted by Gasteiger charge is 2.03. The van der Waals surface area contributed by atoms with E-state index in [-0.39, 0.29) is 5.97 Å². The van der Waals surface area contributed by atoms with Gasteiger partial charge in [-0.2, -0.15) is 0 Å². The molecule has 0 saturated heterocycles. The van der Waals surface area contributed by atoms with Crippen LogP contribution in [0.25, 0.3) is 0 Å². The molecule has 0 fully saturated rings. The Morgan fingerprint density at radius 3 is 2.94 bits per heavy atom. The highest BCUT2D eigenvalue weighted by Crippen LogP contribution is 1.95. The number of aromatic nitrogens is 2. The number of aryl methyl sites for hydroxylation is 1. The molecule has 0 bridgehead atoms. The number of nitrogens with zero attached hydrogens (tertiary/aromatic N) is 3. The van der Waals surface area contributed by atoms with Crippen LogP contribution in [0, 0.1) is 0 Å². The second-order valence-corrected chi connectivity index (χ2v) is 3.78. The number of methoxy groups -OCH3 is 1. The molecular weight excluding hydrogens is 206 g/mol. The fourth-order valence-electron chi connectivity index (χ4n) is 1.44. The molecule has 1 aromatic heterocycles. The van der Waals surface area contributed by atoms with Crippen LogP contribution in [-0.2, 0) is 16.1 Å². The molecule has 0 spiro atoms. The number of hydrogen-bond acceptors (Lipinski definition) is 4. The molecule has 0 aliphatic rings. The number of rotatable bonds is 7. The minimum absolute atomic E-state index is 0.151. The van der Waals surface area contributed by atoms with Crippen LogP contribution in [0.2, 0.25) is 0 Å². The smallest absolute Gasteiger partial charge is 0.306 e. The average Bonchev–Trinajstić information content (AvgIpc) is 2.79. The summed E-state index contributed by atoms with van der Waals surface area (Å²) in [5, 5.41) is 0. The number of imidazole rings is 1. The van der Waals surface area contributed by atoms with Crippen LogP contribution in [0.3, 0.4) is 0 Å². The van der Waals surface area contributed by atoms with E-state index in [0.717, 1.165) is 26.1 Å². The first-order valence-electron chi connectivity index (χ1n) is 5.43. The van der Waals surface area contributed by atoms with Crippen LogP contribution < -0.4 is 0 Å². The van der Waals surface area contributed by atoms with Gasteiger partial charge in [0.05, 0.1) is 19.9 Å². The van der Waals surface area contributed by atoms with E-state index in [1.165, 1.54) is 7.11 Å². The number of carbonyl (C=O) groups is 1. The van der Waals surface area contributed by atoms with E-state index < -0.39 is 0 Å². The van der Waals surface area contributed by atoms with Gasteiger partial charge < -0.3 is 14.2 Å². The summed E-state index contributed by atoms with van der Waals surface area (Å²) in [6, 6.07) is 0. The minimum Gasteiger partial charge on any atom is -0.469 e. The third kappa shape index (κ3) is 4.93. The topological polar surface area (TPSA) is 47.4 Å². The highest BCUT2D eigenvalue weighted by molar-refractivity contribution is 5.69. The van der Waals surface area contributed by atoms with Gasteiger partial charge in [-0.1, -0.05) is 0 Å². The molecule has 0 atom stereocenters. The Bertz CT molecular complexity index is 298. The van der Waals surface area contributed by atoms with Crippen molar-refractivity contribution in [3.8, 4) is 0 Å². The molecule has 1 aromatic rings. The second kappa shape index (κ2) is 7.00.